The molecule has 2 aromatic heterocycles. The number of hydrogen-bond donors (Lipinski definition) is 0. The lowest BCUT2D eigenvalue weighted by Crippen LogP contribution is -2.16. The van der Waals surface area contributed by atoms with E-state index < -0.39 is 7.60 Å². The molecule has 0 spiro atoms. The summed E-state index contributed by atoms with van der Waals surface area (Å²) in [7, 11) is -3.77. The fourth-order valence-corrected chi connectivity index (χ4v) is 3.02. The first-order valence-electron chi connectivity index (χ1n) is 6.35. The Labute approximate surface area is 126 Å². The van der Waals surface area contributed by atoms with Crippen molar-refractivity contribution >= 4 is 12.9 Å². The Bertz CT molecular complexity index is 726. The van der Waals surface area contributed by atoms with Crippen LogP contribution in [-0.4, -0.2) is 19.9 Å². The zero-order chi connectivity index (χ0) is 15.3. The Morgan fingerprint density at radius 3 is 1.59 bits per heavy atom. The highest BCUT2D eigenvalue weighted by atomic mass is 31.2. The van der Waals surface area contributed by atoms with Crippen molar-refractivity contribution in [3.8, 4) is 12.0 Å². The molecule has 7 nitrogen and oxygen atoms in total. The number of hydrogen-bond acceptors (Lipinski definition) is 7. The van der Waals surface area contributed by atoms with E-state index in [0.29, 0.717) is 5.30 Å². The van der Waals surface area contributed by atoms with E-state index in [1.807, 2.05) is 0 Å². The molecule has 0 amide bonds. The van der Waals surface area contributed by atoms with E-state index in [4.69, 9.17) is 9.05 Å². The van der Waals surface area contributed by atoms with Gasteiger partial charge in [-0.1, -0.05) is 18.2 Å². The van der Waals surface area contributed by atoms with Crippen LogP contribution >= 0.6 is 7.60 Å². The van der Waals surface area contributed by atoms with Crippen molar-refractivity contribution in [3.63, 3.8) is 0 Å². The molecule has 3 rings (SSSR count). The van der Waals surface area contributed by atoms with Gasteiger partial charge in [-0.25, -0.2) is 24.5 Å². The van der Waals surface area contributed by atoms with Gasteiger partial charge in [-0.2, -0.15) is 0 Å². The van der Waals surface area contributed by atoms with E-state index in [9.17, 15) is 4.57 Å². The highest BCUT2D eigenvalue weighted by Gasteiger charge is 2.33. The minimum atomic E-state index is -3.77. The third-order valence-corrected chi connectivity index (χ3v) is 4.30. The Balaban J connectivity index is 1.97. The summed E-state index contributed by atoms with van der Waals surface area (Å²) in [4.78, 5) is 15.6. The zero-order valence-electron chi connectivity index (χ0n) is 11.3. The second kappa shape index (κ2) is 6.32. The van der Waals surface area contributed by atoms with Crippen LogP contribution in [0.1, 0.15) is 0 Å². The average Bonchev–Trinajstić information content (AvgIpc) is 2.57. The van der Waals surface area contributed by atoms with Gasteiger partial charge in [0, 0.05) is 24.8 Å². The van der Waals surface area contributed by atoms with Gasteiger partial charge in [-0.15, -0.1) is 0 Å². The van der Waals surface area contributed by atoms with Crippen LogP contribution in [0, 0.1) is 0 Å². The summed E-state index contributed by atoms with van der Waals surface area (Å²) in [6.45, 7) is 0. The minimum Gasteiger partial charge on any atom is -0.377 e. The van der Waals surface area contributed by atoms with Crippen LogP contribution in [-0.2, 0) is 4.57 Å². The lowest BCUT2D eigenvalue weighted by molar-refractivity contribution is 0.374. The van der Waals surface area contributed by atoms with Crippen LogP contribution in [0.3, 0.4) is 0 Å². The van der Waals surface area contributed by atoms with Crippen molar-refractivity contribution < 1.29 is 13.6 Å². The van der Waals surface area contributed by atoms with Crippen molar-refractivity contribution in [1.29, 1.82) is 0 Å². The van der Waals surface area contributed by atoms with E-state index >= 15 is 0 Å². The van der Waals surface area contributed by atoms with E-state index in [1.165, 1.54) is 24.8 Å². The van der Waals surface area contributed by atoms with Gasteiger partial charge >= 0.3 is 19.6 Å². The zero-order valence-corrected chi connectivity index (χ0v) is 12.2. The Kier molecular flexibility index (Phi) is 4.07. The summed E-state index contributed by atoms with van der Waals surface area (Å²) in [5.41, 5.74) is 0. The van der Waals surface area contributed by atoms with E-state index in [0.717, 1.165) is 0 Å². The lowest BCUT2D eigenvalue weighted by atomic mass is 10.4. The van der Waals surface area contributed by atoms with Crippen LogP contribution in [0.2, 0.25) is 0 Å². The van der Waals surface area contributed by atoms with E-state index in [2.05, 4.69) is 19.9 Å². The Morgan fingerprint density at radius 1 is 0.682 bits per heavy atom. The molecule has 8 heteroatoms. The van der Waals surface area contributed by atoms with Crippen LogP contribution < -0.4 is 14.4 Å². The standard InChI is InChI=1S/C14H11N4O3P/c19-22(12-6-2-1-3-7-12,20-13-15-8-4-9-16-13)21-14-17-10-5-11-18-14/h1-11H. The normalized spacial score (nSPS) is 10.9. The molecule has 0 unspecified atom stereocenters. The topological polar surface area (TPSA) is 87.1 Å². The smallest absolute Gasteiger partial charge is 0.377 e. The molecule has 0 aliphatic rings. The number of benzene rings is 1. The third kappa shape index (κ3) is 3.27. The van der Waals surface area contributed by atoms with E-state index in [-0.39, 0.29) is 12.0 Å². The molecule has 2 heterocycles. The summed E-state index contributed by atoms with van der Waals surface area (Å²) >= 11 is 0. The van der Waals surface area contributed by atoms with Crippen molar-refractivity contribution in [2.75, 3.05) is 0 Å². The van der Waals surface area contributed by atoms with Crippen LogP contribution in [0.5, 0.6) is 12.0 Å². The predicted octanol–water partition coefficient (Wildman–Crippen LogP) is 2.24. The second-order valence-electron chi connectivity index (χ2n) is 4.08. The third-order valence-electron chi connectivity index (χ3n) is 2.56. The molecule has 1 aromatic carbocycles. The van der Waals surface area contributed by atoms with Gasteiger partial charge in [-0.3, -0.25) is 0 Å². The van der Waals surface area contributed by atoms with Crippen molar-refractivity contribution in [1.82, 2.24) is 19.9 Å². The van der Waals surface area contributed by atoms with Gasteiger partial charge < -0.3 is 9.05 Å². The average molecular weight is 314 g/mol. The maximum atomic E-state index is 13.1. The quantitative estimate of drug-likeness (QED) is 0.667. The molecule has 0 fully saturated rings. The molecule has 22 heavy (non-hydrogen) atoms. The second-order valence-corrected chi connectivity index (χ2v) is 5.95. The van der Waals surface area contributed by atoms with Gasteiger partial charge in [0.05, 0.1) is 5.30 Å². The van der Waals surface area contributed by atoms with Gasteiger partial charge in [0.1, 0.15) is 0 Å². The van der Waals surface area contributed by atoms with Crippen LogP contribution in [0.15, 0.2) is 67.3 Å². The number of aromatic nitrogens is 4. The molecule has 0 radical (unpaired) electrons. The monoisotopic (exact) mass is 314 g/mol. The summed E-state index contributed by atoms with van der Waals surface area (Å²) in [6.07, 6.45) is 5.93. The highest BCUT2D eigenvalue weighted by molar-refractivity contribution is 7.62. The highest BCUT2D eigenvalue weighted by Crippen LogP contribution is 2.45. The fraction of sp³-hybridized carbons (Fsp3) is 0. The van der Waals surface area contributed by atoms with Crippen LogP contribution in [0.25, 0.3) is 0 Å². The molecule has 0 bridgehead atoms. The Hall–Kier alpha value is -2.79. The first kappa shape index (κ1) is 14.2. The van der Waals surface area contributed by atoms with Crippen LogP contribution in [0.4, 0.5) is 0 Å². The first-order chi connectivity index (χ1) is 10.8. The number of rotatable bonds is 5. The predicted molar refractivity (Wildman–Crippen MR) is 79.0 cm³/mol. The molecule has 0 aliphatic heterocycles. The largest absolute Gasteiger partial charge is 0.467 e. The Morgan fingerprint density at radius 2 is 1.14 bits per heavy atom. The molecule has 3 aromatic rings. The summed E-state index contributed by atoms with van der Waals surface area (Å²) in [5.74, 6) is 0. The van der Waals surface area contributed by atoms with Gasteiger partial charge in [0.2, 0.25) is 0 Å². The summed E-state index contributed by atoms with van der Waals surface area (Å²) in [6, 6.07) is 11.7. The van der Waals surface area contributed by atoms with E-state index in [1.54, 1.807) is 42.5 Å². The van der Waals surface area contributed by atoms with Gasteiger partial charge in [0.25, 0.3) is 0 Å². The van der Waals surface area contributed by atoms with Gasteiger partial charge in [0.15, 0.2) is 0 Å². The molecule has 0 atom stereocenters. The molecule has 0 saturated heterocycles. The molecule has 110 valence electrons. The maximum absolute atomic E-state index is 13.1. The fourth-order valence-electron chi connectivity index (χ4n) is 1.61. The lowest BCUT2D eigenvalue weighted by Gasteiger charge is -2.17. The summed E-state index contributed by atoms with van der Waals surface area (Å²) in [5, 5.41) is 0.356. The first-order valence-corrected chi connectivity index (χ1v) is 7.89. The number of nitrogens with zero attached hydrogens (tertiary/aromatic N) is 4. The summed E-state index contributed by atoms with van der Waals surface area (Å²) < 4.78 is 24.0. The van der Waals surface area contributed by atoms with Crippen molar-refractivity contribution in [2.24, 2.45) is 0 Å². The molecule has 0 saturated carbocycles. The molecule has 0 N–H and O–H groups in total. The van der Waals surface area contributed by atoms with Crippen molar-refractivity contribution in [2.45, 2.75) is 0 Å². The van der Waals surface area contributed by atoms with Gasteiger partial charge in [-0.05, 0) is 24.3 Å². The van der Waals surface area contributed by atoms with Crippen molar-refractivity contribution in [3.05, 3.63) is 67.3 Å². The maximum Gasteiger partial charge on any atom is 0.467 e. The molecular formula is C14H11N4O3P. The molecule has 0 aliphatic carbocycles. The SMILES string of the molecule is O=P(Oc1ncccn1)(Oc1ncccn1)c1ccccc1. The molecular weight excluding hydrogens is 303 g/mol. The minimum absolute atomic E-state index is 0.0504.